The molecule has 0 aliphatic heterocycles. The third-order valence-electron chi connectivity index (χ3n) is 2.29. The van der Waals surface area contributed by atoms with Crippen LogP contribution in [0.15, 0.2) is 5.16 Å². The molecule has 0 spiro atoms. The summed E-state index contributed by atoms with van der Waals surface area (Å²) >= 11 is 0. The first-order valence-corrected chi connectivity index (χ1v) is 5.91. The maximum Gasteiger partial charge on any atom is 0.139 e. The lowest BCUT2D eigenvalue weighted by Gasteiger charge is -2.13. The fourth-order valence-corrected chi connectivity index (χ4v) is 1.50. The van der Waals surface area contributed by atoms with Crippen molar-refractivity contribution in [3.05, 3.63) is 0 Å². The Labute approximate surface area is 97.7 Å². The van der Waals surface area contributed by atoms with Crippen molar-refractivity contribution < 1.29 is 10.3 Å². The lowest BCUT2D eigenvalue weighted by molar-refractivity contribution is 0.146. The molecule has 0 saturated carbocycles. The van der Waals surface area contributed by atoms with Crippen LogP contribution in [-0.4, -0.2) is 35.3 Å². The molecule has 0 saturated heterocycles. The molecule has 0 aromatic heterocycles. The van der Waals surface area contributed by atoms with Gasteiger partial charge in [0.05, 0.1) is 6.10 Å². The van der Waals surface area contributed by atoms with Crippen LogP contribution < -0.4 is 11.1 Å². The fraction of sp³-hybridized carbons (Fsp3) is 0.909. The molecule has 0 bridgehead atoms. The Kier molecular flexibility index (Phi) is 8.94. The number of hydrogen-bond donors (Lipinski definition) is 4. The molecule has 0 aliphatic carbocycles. The van der Waals surface area contributed by atoms with Gasteiger partial charge in [-0.15, -0.1) is 0 Å². The Balaban J connectivity index is 3.27. The van der Waals surface area contributed by atoms with E-state index >= 15 is 0 Å². The van der Waals surface area contributed by atoms with Crippen molar-refractivity contribution >= 4 is 5.84 Å². The highest BCUT2D eigenvalue weighted by Gasteiger charge is 2.05. The number of rotatable bonds is 9. The Bertz CT molecular complexity index is 196. The molecule has 1 unspecified atom stereocenters. The smallest absolute Gasteiger partial charge is 0.139 e. The number of aliphatic hydroxyl groups is 1. The van der Waals surface area contributed by atoms with Gasteiger partial charge in [0.1, 0.15) is 5.84 Å². The van der Waals surface area contributed by atoms with Crippen molar-refractivity contribution in [3.8, 4) is 0 Å². The van der Waals surface area contributed by atoms with Gasteiger partial charge < -0.3 is 21.4 Å². The summed E-state index contributed by atoms with van der Waals surface area (Å²) in [7, 11) is 0. The zero-order valence-electron chi connectivity index (χ0n) is 10.3. The van der Waals surface area contributed by atoms with Crippen LogP contribution in [0.3, 0.4) is 0 Å². The monoisotopic (exact) mass is 231 g/mol. The van der Waals surface area contributed by atoms with Crippen LogP contribution >= 0.6 is 0 Å². The van der Waals surface area contributed by atoms with E-state index < -0.39 is 0 Å². The van der Waals surface area contributed by atoms with E-state index in [2.05, 4.69) is 24.3 Å². The first-order valence-electron chi connectivity index (χ1n) is 5.91. The number of aliphatic hydroxyl groups excluding tert-OH is 1. The predicted octanol–water partition coefficient (Wildman–Crippen LogP) is 0.900. The van der Waals surface area contributed by atoms with E-state index in [0.717, 1.165) is 25.8 Å². The summed E-state index contributed by atoms with van der Waals surface area (Å²) in [6.07, 6.45) is 3.04. The van der Waals surface area contributed by atoms with Gasteiger partial charge in [-0.2, -0.15) is 0 Å². The Hall–Kier alpha value is -0.810. The van der Waals surface area contributed by atoms with E-state index in [0.29, 0.717) is 18.9 Å². The summed E-state index contributed by atoms with van der Waals surface area (Å²) in [4.78, 5) is 0. The second-order valence-electron chi connectivity index (χ2n) is 4.54. The molecule has 0 aliphatic rings. The van der Waals surface area contributed by atoms with Crippen molar-refractivity contribution in [3.63, 3.8) is 0 Å². The maximum atomic E-state index is 9.57. The summed E-state index contributed by atoms with van der Waals surface area (Å²) in [5.41, 5.74) is 5.33. The lowest BCUT2D eigenvalue weighted by Crippen LogP contribution is -2.28. The van der Waals surface area contributed by atoms with Crippen LogP contribution in [0.4, 0.5) is 0 Å². The first kappa shape index (κ1) is 15.2. The topological polar surface area (TPSA) is 90.9 Å². The van der Waals surface area contributed by atoms with Gasteiger partial charge in [-0.25, -0.2) is 0 Å². The van der Waals surface area contributed by atoms with Gasteiger partial charge in [0.15, 0.2) is 0 Å². The third-order valence-corrected chi connectivity index (χ3v) is 2.29. The molecule has 0 aromatic carbocycles. The van der Waals surface area contributed by atoms with Crippen molar-refractivity contribution in [2.75, 3.05) is 13.1 Å². The predicted molar refractivity (Wildman–Crippen MR) is 65.6 cm³/mol. The van der Waals surface area contributed by atoms with E-state index in [1.807, 2.05) is 0 Å². The van der Waals surface area contributed by atoms with Crippen LogP contribution in [0.5, 0.6) is 0 Å². The molecule has 0 radical (unpaired) electrons. The highest BCUT2D eigenvalue weighted by Crippen LogP contribution is 2.03. The second kappa shape index (κ2) is 9.42. The van der Waals surface area contributed by atoms with Crippen molar-refractivity contribution in [1.82, 2.24) is 5.32 Å². The molecule has 96 valence electrons. The van der Waals surface area contributed by atoms with Gasteiger partial charge in [0.2, 0.25) is 0 Å². The van der Waals surface area contributed by atoms with Gasteiger partial charge in [-0.1, -0.05) is 19.0 Å². The van der Waals surface area contributed by atoms with Crippen LogP contribution in [0.1, 0.15) is 39.5 Å². The Morgan fingerprint density at radius 3 is 2.62 bits per heavy atom. The molecule has 5 N–H and O–H groups in total. The second-order valence-corrected chi connectivity index (χ2v) is 4.54. The first-order chi connectivity index (χ1) is 7.56. The van der Waals surface area contributed by atoms with Crippen LogP contribution in [0.2, 0.25) is 0 Å². The number of nitrogens with zero attached hydrogens (tertiary/aromatic N) is 1. The summed E-state index contributed by atoms with van der Waals surface area (Å²) < 4.78 is 0. The van der Waals surface area contributed by atoms with E-state index in [1.54, 1.807) is 0 Å². The quantitative estimate of drug-likeness (QED) is 0.156. The average molecular weight is 231 g/mol. The number of hydrogen-bond acceptors (Lipinski definition) is 4. The van der Waals surface area contributed by atoms with Gasteiger partial charge in [-0.3, -0.25) is 0 Å². The minimum atomic E-state index is -0.260. The minimum Gasteiger partial charge on any atom is -0.409 e. The van der Waals surface area contributed by atoms with Gasteiger partial charge >= 0.3 is 0 Å². The third kappa shape index (κ3) is 9.73. The normalized spacial score (nSPS) is 14.4. The molecule has 0 heterocycles. The fourth-order valence-electron chi connectivity index (χ4n) is 1.50. The number of unbranched alkanes of at least 4 members (excludes halogenated alkanes) is 1. The molecular weight excluding hydrogens is 206 g/mol. The molecule has 0 aromatic rings. The summed E-state index contributed by atoms with van der Waals surface area (Å²) in [6.45, 7) is 5.69. The summed E-state index contributed by atoms with van der Waals surface area (Å²) in [5, 5.41) is 24.0. The van der Waals surface area contributed by atoms with E-state index in [9.17, 15) is 5.11 Å². The van der Waals surface area contributed by atoms with Crippen molar-refractivity contribution in [2.24, 2.45) is 16.8 Å². The van der Waals surface area contributed by atoms with Crippen LogP contribution in [0, 0.1) is 5.92 Å². The molecule has 0 amide bonds. The molecule has 0 fully saturated rings. The molecular formula is C11H25N3O2. The van der Waals surface area contributed by atoms with E-state index in [-0.39, 0.29) is 11.9 Å². The average Bonchev–Trinajstić information content (AvgIpc) is 2.21. The highest BCUT2D eigenvalue weighted by molar-refractivity contribution is 5.79. The van der Waals surface area contributed by atoms with Crippen molar-refractivity contribution in [1.29, 1.82) is 0 Å². The molecule has 5 nitrogen and oxygen atoms in total. The largest absolute Gasteiger partial charge is 0.409 e. The highest BCUT2D eigenvalue weighted by atomic mass is 16.4. The standard InChI is InChI=1S/C11H25N3O2/c1-9(2)7-10(15)8-13-6-4-3-5-11(12)14-16/h9-10,13,15-16H,3-8H2,1-2H3,(H2,12,14). The molecule has 1 atom stereocenters. The number of amidine groups is 1. The molecule has 0 rings (SSSR count). The zero-order chi connectivity index (χ0) is 12.4. The SMILES string of the molecule is CC(C)CC(O)CNCCCCC(N)=NO. The number of oxime groups is 1. The van der Waals surface area contributed by atoms with Crippen LogP contribution in [-0.2, 0) is 0 Å². The van der Waals surface area contributed by atoms with Crippen LogP contribution in [0.25, 0.3) is 0 Å². The van der Waals surface area contributed by atoms with Gasteiger partial charge in [0, 0.05) is 13.0 Å². The van der Waals surface area contributed by atoms with E-state index in [4.69, 9.17) is 10.9 Å². The number of nitrogens with two attached hydrogens (primary N) is 1. The van der Waals surface area contributed by atoms with E-state index in [1.165, 1.54) is 0 Å². The van der Waals surface area contributed by atoms with Gasteiger partial charge in [-0.05, 0) is 31.7 Å². The Morgan fingerprint density at radius 2 is 2.06 bits per heavy atom. The number of nitrogens with one attached hydrogen (secondary N) is 1. The lowest BCUT2D eigenvalue weighted by atomic mass is 10.1. The maximum absolute atomic E-state index is 9.57. The Morgan fingerprint density at radius 1 is 1.38 bits per heavy atom. The molecule has 5 heteroatoms. The zero-order valence-corrected chi connectivity index (χ0v) is 10.3. The minimum absolute atomic E-state index is 0.260. The van der Waals surface area contributed by atoms with Gasteiger partial charge in [0.25, 0.3) is 0 Å². The summed E-state index contributed by atoms with van der Waals surface area (Å²) in [6, 6.07) is 0. The summed E-state index contributed by atoms with van der Waals surface area (Å²) in [5.74, 6) is 0.803. The molecule has 16 heavy (non-hydrogen) atoms. The van der Waals surface area contributed by atoms with Crippen molar-refractivity contribution in [2.45, 2.75) is 45.6 Å².